The van der Waals surface area contributed by atoms with E-state index in [1.165, 1.54) is 16.7 Å². The van der Waals surface area contributed by atoms with Gasteiger partial charge in [0, 0.05) is 5.56 Å². The SMILES string of the molecule is CCc1ccc(OCc2cccc(C(=O)Nc3c(C)nn(Cc4ccc(C)cc4)c3C)c2)cc1. The first-order chi connectivity index (χ1) is 16.4. The standard InChI is InChI=1S/C29H31N3O2/c1-5-23-13-15-27(16-14-23)34-19-25-7-6-8-26(17-25)29(33)30-28-21(3)31-32(22(28)4)18-24-11-9-20(2)10-12-24/h6-17H,5,18-19H2,1-4H3,(H,30,33). The molecule has 1 N–H and O–H groups in total. The summed E-state index contributed by atoms with van der Waals surface area (Å²) in [6.45, 7) is 9.17. The lowest BCUT2D eigenvalue weighted by Gasteiger charge is -2.10. The van der Waals surface area contributed by atoms with E-state index in [1.54, 1.807) is 0 Å². The van der Waals surface area contributed by atoms with Crippen LogP contribution in [-0.4, -0.2) is 15.7 Å². The van der Waals surface area contributed by atoms with E-state index in [1.807, 2.05) is 54.9 Å². The number of nitrogens with one attached hydrogen (secondary N) is 1. The van der Waals surface area contributed by atoms with E-state index in [9.17, 15) is 4.79 Å². The fraction of sp³-hybridized carbons (Fsp3) is 0.241. The fourth-order valence-electron chi connectivity index (χ4n) is 3.87. The van der Waals surface area contributed by atoms with Crippen LogP contribution >= 0.6 is 0 Å². The van der Waals surface area contributed by atoms with Crippen molar-refractivity contribution in [2.75, 3.05) is 5.32 Å². The fourth-order valence-corrected chi connectivity index (χ4v) is 3.87. The molecule has 174 valence electrons. The lowest BCUT2D eigenvalue weighted by Crippen LogP contribution is -2.14. The summed E-state index contributed by atoms with van der Waals surface area (Å²) in [6, 6.07) is 24.1. The molecule has 1 heterocycles. The summed E-state index contributed by atoms with van der Waals surface area (Å²) in [5, 5.41) is 7.71. The minimum atomic E-state index is -0.157. The maximum atomic E-state index is 13.0. The average Bonchev–Trinajstić information content (AvgIpc) is 3.11. The van der Waals surface area contributed by atoms with E-state index in [0.29, 0.717) is 18.7 Å². The molecule has 1 aromatic heterocycles. The van der Waals surface area contributed by atoms with Crippen molar-refractivity contribution in [2.45, 2.75) is 47.3 Å². The Morgan fingerprint density at radius 3 is 2.32 bits per heavy atom. The highest BCUT2D eigenvalue weighted by Gasteiger charge is 2.16. The van der Waals surface area contributed by atoms with E-state index < -0.39 is 0 Å². The number of rotatable bonds is 8. The van der Waals surface area contributed by atoms with Crippen LogP contribution < -0.4 is 10.1 Å². The Morgan fingerprint density at radius 2 is 1.62 bits per heavy atom. The maximum Gasteiger partial charge on any atom is 0.255 e. The Balaban J connectivity index is 1.43. The van der Waals surface area contributed by atoms with Gasteiger partial charge in [0.1, 0.15) is 12.4 Å². The maximum absolute atomic E-state index is 13.0. The summed E-state index contributed by atoms with van der Waals surface area (Å²) in [5.74, 6) is 0.662. The molecule has 1 amide bonds. The van der Waals surface area contributed by atoms with Crippen LogP contribution in [-0.2, 0) is 19.6 Å². The Labute approximate surface area is 201 Å². The van der Waals surface area contributed by atoms with Crippen LogP contribution in [0.1, 0.15) is 50.9 Å². The molecule has 4 rings (SSSR count). The third kappa shape index (κ3) is 5.54. The minimum Gasteiger partial charge on any atom is -0.489 e. The predicted octanol–water partition coefficient (Wildman–Crippen LogP) is 6.25. The number of carbonyl (C=O) groups is 1. The van der Waals surface area contributed by atoms with Gasteiger partial charge < -0.3 is 10.1 Å². The Hall–Kier alpha value is -3.86. The highest BCUT2D eigenvalue weighted by Crippen LogP contribution is 2.22. The number of anilines is 1. The number of aromatic nitrogens is 2. The zero-order valence-electron chi connectivity index (χ0n) is 20.3. The third-order valence-electron chi connectivity index (χ3n) is 6.00. The molecule has 0 bridgehead atoms. The molecule has 0 atom stereocenters. The van der Waals surface area contributed by atoms with Crippen LogP contribution in [0.25, 0.3) is 0 Å². The van der Waals surface area contributed by atoms with Gasteiger partial charge >= 0.3 is 0 Å². The molecule has 4 aromatic rings. The van der Waals surface area contributed by atoms with E-state index in [2.05, 4.69) is 60.7 Å². The van der Waals surface area contributed by atoms with Gasteiger partial charge in [-0.25, -0.2) is 0 Å². The lowest BCUT2D eigenvalue weighted by molar-refractivity contribution is 0.102. The molecule has 0 aliphatic heterocycles. The van der Waals surface area contributed by atoms with Gasteiger partial charge in [0.25, 0.3) is 5.91 Å². The smallest absolute Gasteiger partial charge is 0.255 e. The first kappa shape index (κ1) is 23.3. The molecule has 0 radical (unpaired) electrons. The van der Waals surface area contributed by atoms with Crippen LogP contribution in [0.5, 0.6) is 5.75 Å². The van der Waals surface area contributed by atoms with Gasteiger partial charge in [-0.1, -0.05) is 61.0 Å². The molecular weight excluding hydrogens is 422 g/mol. The number of ether oxygens (including phenoxy) is 1. The van der Waals surface area contributed by atoms with E-state index in [4.69, 9.17) is 4.74 Å². The molecule has 5 heteroatoms. The molecule has 34 heavy (non-hydrogen) atoms. The number of amides is 1. The number of aryl methyl sites for hydroxylation is 3. The largest absolute Gasteiger partial charge is 0.489 e. The first-order valence-corrected chi connectivity index (χ1v) is 11.6. The predicted molar refractivity (Wildman–Crippen MR) is 137 cm³/mol. The van der Waals surface area contributed by atoms with Gasteiger partial charge in [-0.3, -0.25) is 9.48 Å². The van der Waals surface area contributed by atoms with Gasteiger partial charge in [0.05, 0.1) is 23.6 Å². The van der Waals surface area contributed by atoms with Crippen molar-refractivity contribution in [2.24, 2.45) is 0 Å². The quantitative estimate of drug-likeness (QED) is 0.343. The Morgan fingerprint density at radius 1 is 0.912 bits per heavy atom. The first-order valence-electron chi connectivity index (χ1n) is 11.6. The third-order valence-corrected chi connectivity index (χ3v) is 6.00. The number of hydrogen-bond acceptors (Lipinski definition) is 3. The lowest BCUT2D eigenvalue weighted by atomic mass is 10.1. The summed E-state index contributed by atoms with van der Waals surface area (Å²) in [4.78, 5) is 13.0. The van der Waals surface area contributed by atoms with E-state index in [0.717, 1.165) is 34.8 Å². The zero-order chi connectivity index (χ0) is 24.1. The molecule has 0 spiro atoms. The van der Waals surface area contributed by atoms with Crippen molar-refractivity contribution in [1.82, 2.24) is 9.78 Å². The van der Waals surface area contributed by atoms with Gasteiger partial charge in [-0.15, -0.1) is 0 Å². The van der Waals surface area contributed by atoms with Crippen molar-refractivity contribution < 1.29 is 9.53 Å². The molecule has 3 aromatic carbocycles. The second-order valence-electron chi connectivity index (χ2n) is 8.63. The average molecular weight is 454 g/mol. The molecule has 0 unspecified atom stereocenters. The van der Waals surface area contributed by atoms with Gasteiger partial charge in [0.15, 0.2) is 0 Å². The van der Waals surface area contributed by atoms with Crippen LogP contribution in [0.2, 0.25) is 0 Å². The summed E-state index contributed by atoms with van der Waals surface area (Å²) in [5.41, 5.74) is 7.70. The second-order valence-corrected chi connectivity index (χ2v) is 8.63. The van der Waals surface area contributed by atoms with Crippen molar-refractivity contribution >= 4 is 11.6 Å². The zero-order valence-corrected chi connectivity index (χ0v) is 20.3. The Kier molecular flexibility index (Phi) is 7.12. The topological polar surface area (TPSA) is 56.1 Å². The van der Waals surface area contributed by atoms with Crippen LogP contribution in [0.3, 0.4) is 0 Å². The van der Waals surface area contributed by atoms with Crippen molar-refractivity contribution in [3.63, 3.8) is 0 Å². The van der Waals surface area contributed by atoms with Gasteiger partial charge in [0.2, 0.25) is 0 Å². The van der Waals surface area contributed by atoms with E-state index >= 15 is 0 Å². The molecule has 0 saturated heterocycles. The number of carbonyl (C=O) groups excluding carboxylic acids is 1. The van der Waals surface area contributed by atoms with Crippen molar-refractivity contribution in [3.05, 3.63) is 112 Å². The van der Waals surface area contributed by atoms with Crippen molar-refractivity contribution in [1.29, 1.82) is 0 Å². The second kappa shape index (κ2) is 10.4. The van der Waals surface area contributed by atoms with Gasteiger partial charge in [-0.05, 0) is 68.1 Å². The normalized spacial score (nSPS) is 10.8. The highest BCUT2D eigenvalue weighted by atomic mass is 16.5. The van der Waals surface area contributed by atoms with Gasteiger partial charge in [-0.2, -0.15) is 5.10 Å². The molecule has 5 nitrogen and oxygen atoms in total. The molecule has 0 aliphatic rings. The number of nitrogens with zero attached hydrogens (tertiary/aromatic N) is 2. The minimum absolute atomic E-state index is 0.157. The molecule has 0 saturated carbocycles. The summed E-state index contributed by atoms with van der Waals surface area (Å²) >= 11 is 0. The van der Waals surface area contributed by atoms with Crippen LogP contribution in [0.4, 0.5) is 5.69 Å². The summed E-state index contributed by atoms with van der Waals surface area (Å²) in [7, 11) is 0. The summed E-state index contributed by atoms with van der Waals surface area (Å²) in [6.07, 6.45) is 1.00. The number of benzene rings is 3. The monoisotopic (exact) mass is 453 g/mol. The van der Waals surface area contributed by atoms with Crippen molar-refractivity contribution in [3.8, 4) is 5.75 Å². The Bertz CT molecular complexity index is 1270. The number of hydrogen-bond donors (Lipinski definition) is 1. The molecule has 0 fully saturated rings. The van der Waals surface area contributed by atoms with E-state index in [-0.39, 0.29) is 5.91 Å². The van der Waals surface area contributed by atoms with Crippen LogP contribution in [0, 0.1) is 20.8 Å². The highest BCUT2D eigenvalue weighted by molar-refractivity contribution is 6.05. The van der Waals surface area contributed by atoms with Crippen LogP contribution in [0.15, 0.2) is 72.8 Å². The molecular formula is C29H31N3O2. The summed E-state index contributed by atoms with van der Waals surface area (Å²) < 4.78 is 7.84. The molecule has 0 aliphatic carbocycles.